The number of methoxy groups -OCH3 is 1. The fourth-order valence-corrected chi connectivity index (χ4v) is 5.56. The molecule has 1 aliphatic heterocycles. The number of benzene rings is 1. The fourth-order valence-electron chi connectivity index (χ4n) is 5.56. The number of phenols is 1. The molecule has 1 unspecified atom stereocenters. The van der Waals surface area contributed by atoms with Crippen molar-refractivity contribution in [3.8, 4) is 11.5 Å². The molecule has 2 fully saturated rings. The largest absolute Gasteiger partial charge is 0.504 e. The summed E-state index contributed by atoms with van der Waals surface area (Å²) in [6.45, 7) is 5.37. The Kier molecular flexibility index (Phi) is 3.71. The van der Waals surface area contributed by atoms with Gasteiger partial charge in [-0.15, -0.1) is 6.58 Å². The van der Waals surface area contributed by atoms with E-state index in [0.717, 1.165) is 24.2 Å². The van der Waals surface area contributed by atoms with Gasteiger partial charge in [-0.25, -0.2) is 0 Å². The lowest BCUT2D eigenvalue weighted by Crippen LogP contribution is -2.73. The van der Waals surface area contributed by atoms with E-state index in [0.29, 0.717) is 37.9 Å². The summed E-state index contributed by atoms with van der Waals surface area (Å²) in [5.74, 6) is 0.669. The molecule has 0 spiro atoms. The summed E-state index contributed by atoms with van der Waals surface area (Å²) >= 11 is 0. The van der Waals surface area contributed by atoms with Crippen LogP contribution in [0.2, 0.25) is 0 Å². The smallest absolute Gasteiger partial charge is 0.164 e. The highest BCUT2D eigenvalue weighted by Crippen LogP contribution is 2.60. The van der Waals surface area contributed by atoms with Gasteiger partial charge in [-0.3, -0.25) is 9.69 Å². The number of likely N-dealkylation sites (tertiary alicyclic amines) is 1. The molecule has 5 heteroatoms. The predicted octanol–water partition coefficient (Wildman–Crippen LogP) is 1.94. The van der Waals surface area contributed by atoms with Gasteiger partial charge in [-0.1, -0.05) is 12.1 Å². The standard InChI is InChI=1S/C20H25NO4/c1-3-9-21-10-8-19-12-14(22)6-7-20(19,24)16(21)11-13-4-5-15(23)18(25-2)17(13)19/h3-5,16,23-24H,1,6-12H2,2H3/t16?,19-,20-/m1/s1. The third kappa shape index (κ3) is 2.06. The van der Waals surface area contributed by atoms with Crippen LogP contribution < -0.4 is 4.74 Å². The molecule has 1 aromatic rings. The van der Waals surface area contributed by atoms with Crippen LogP contribution in [-0.4, -0.2) is 52.7 Å². The van der Waals surface area contributed by atoms with Crippen molar-refractivity contribution in [2.75, 3.05) is 20.2 Å². The van der Waals surface area contributed by atoms with Crippen molar-refractivity contribution in [1.29, 1.82) is 0 Å². The molecule has 3 aliphatic rings. The highest BCUT2D eigenvalue weighted by molar-refractivity contribution is 5.83. The minimum atomic E-state index is -0.990. The molecule has 1 aromatic carbocycles. The summed E-state index contributed by atoms with van der Waals surface area (Å²) in [4.78, 5) is 14.7. The first-order chi connectivity index (χ1) is 12.0. The number of aromatic hydroxyl groups is 1. The number of nitrogens with zero attached hydrogens (tertiary/aromatic N) is 1. The van der Waals surface area contributed by atoms with E-state index in [1.54, 1.807) is 6.07 Å². The molecular formula is C20H25NO4. The highest BCUT2D eigenvalue weighted by atomic mass is 16.5. The molecule has 3 atom stereocenters. The Labute approximate surface area is 147 Å². The number of ether oxygens (including phenoxy) is 1. The number of fused-ring (bicyclic) bond motifs is 1. The number of carbonyl (C=O) groups excluding carboxylic acids is 1. The first-order valence-electron chi connectivity index (χ1n) is 8.95. The van der Waals surface area contributed by atoms with Gasteiger partial charge in [-0.2, -0.15) is 0 Å². The Morgan fingerprint density at radius 1 is 1.44 bits per heavy atom. The summed E-state index contributed by atoms with van der Waals surface area (Å²) < 4.78 is 5.53. The Morgan fingerprint density at radius 2 is 2.24 bits per heavy atom. The molecule has 0 radical (unpaired) electrons. The van der Waals surface area contributed by atoms with Gasteiger partial charge in [0.2, 0.25) is 0 Å². The van der Waals surface area contributed by atoms with Crippen LogP contribution >= 0.6 is 0 Å². The summed E-state index contributed by atoms with van der Waals surface area (Å²) in [5, 5.41) is 22.2. The molecule has 134 valence electrons. The first kappa shape index (κ1) is 16.6. The maximum absolute atomic E-state index is 12.4. The summed E-state index contributed by atoms with van der Waals surface area (Å²) in [6, 6.07) is 3.52. The Hall–Kier alpha value is -1.85. The Morgan fingerprint density at radius 3 is 2.96 bits per heavy atom. The number of carbonyl (C=O) groups is 1. The van der Waals surface area contributed by atoms with Crippen molar-refractivity contribution in [1.82, 2.24) is 4.90 Å². The van der Waals surface area contributed by atoms with Crippen molar-refractivity contribution in [2.24, 2.45) is 0 Å². The van der Waals surface area contributed by atoms with Crippen LogP contribution in [0.15, 0.2) is 24.8 Å². The van der Waals surface area contributed by atoms with Gasteiger partial charge in [0.15, 0.2) is 11.5 Å². The zero-order valence-electron chi connectivity index (χ0n) is 14.6. The molecule has 4 rings (SSSR count). The molecule has 2 N–H and O–H groups in total. The SMILES string of the molecule is C=CCN1CC[C@]23CC(=O)CC[C@@]2(O)C1Cc1ccc(O)c(OC)c13. The molecule has 25 heavy (non-hydrogen) atoms. The third-order valence-corrected chi connectivity index (χ3v) is 6.61. The van der Waals surface area contributed by atoms with Crippen molar-refractivity contribution in [3.63, 3.8) is 0 Å². The summed E-state index contributed by atoms with van der Waals surface area (Å²) in [6.07, 6.45) is 4.42. The maximum atomic E-state index is 12.4. The normalized spacial score (nSPS) is 34.2. The fraction of sp³-hybridized carbons (Fsp3) is 0.550. The van der Waals surface area contributed by atoms with E-state index in [-0.39, 0.29) is 17.6 Å². The van der Waals surface area contributed by atoms with Crippen LogP contribution in [0.5, 0.6) is 11.5 Å². The number of ketones is 1. The molecule has 0 amide bonds. The highest BCUT2D eigenvalue weighted by Gasteiger charge is 2.65. The second kappa shape index (κ2) is 5.58. The molecule has 1 saturated heterocycles. The quantitative estimate of drug-likeness (QED) is 0.821. The minimum absolute atomic E-state index is 0.0471. The van der Waals surface area contributed by atoms with E-state index in [4.69, 9.17) is 4.74 Å². The van der Waals surface area contributed by atoms with E-state index in [9.17, 15) is 15.0 Å². The molecule has 2 aliphatic carbocycles. The van der Waals surface area contributed by atoms with Crippen molar-refractivity contribution >= 4 is 5.78 Å². The lowest BCUT2D eigenvalue weighted by Gasteiger charge is -2.63. The maximum Gasteiger partial charge on any atom is 0.164 e. The van der Waals surface area contributed by atoms with Crippen LogP contribution in [0.25, 0.3) is 0 Å². The van der Waals surface area contributed by atoms with Gasteiger partial charge in [0.1, 0.15) is 5.78 Å². The zero-order valence-corrected chi connectivity index (χ0v) is 14.6. The number of phenolic OH excluding ortho intramolecular Hbond substituents is 1. The van der Waals surface area contributed by atoms with Gasteiger partial charge < -0.3 is 14.9 Å². The van der Waals surface area contributed by atoms with E-state index >= 15 is 0 Å². The Balaban J connectivity index is 1.97. The van der Waals surface area contributed by atoms with Crippen LogP contribution in [0.3, 0.4) is 0 Å². The number of rotatable bonds is 3. The predicted molar refractivity (Wildman–Crippen MR) is 94.0 cm³/mol. The minimum Gasteiger partial charge on any atom is -0.504 e. The lowest BCUT2D eigenvalue weighted by atomic mass is 9.49. The third-order valence-electron chi connectivity index (χ3n) is 6.61. The van der Waals surface area contributed by atoms with Gasteiger partial charge in [0.25, 0.3) is 0 Å². The molecule has 2 bridgehead atoms. The lowest BCUT2D eigenvalue weighted by molar-refractivity contribution is -0.171. The van der Waals surface area contributed by atoms with Crippen molar-refractivity contribution in [3.05, 3.63) is 35.9 Å². The van der Waals surface area contributed by atoms with Crippen LogP contribution in [0, 0.1) is 0 Å². The number of hydrogen-bond donors (Lipinski definition) is 2. The summed E-state index contributed by atoms with van der Waals surface area (Å²) in [5.41, 5.74) is 0.242. The molecule has 1 heterocycles. The van der Waals surface area contributed by atoms with Crippen molar-refractivity contribution < 1.29 is 19.7 Å². The number of piperidine rings is 1. The second-order valence-electron chi connectivity index (χ2n) is 7.63. The topological polar surface area (TPSA) is 70.0 Å². The van der Waals surface area contributed by atoms with E-state index in [1.807, 2.05) is 12.1 Å². The molecule has 5 nitrogen and oxygen atoms in total. The molecular weight excluding hydrogens is 318 g/mol. The number of aliphatic hydroxyl groups is 1. The van der Waals surface area contributed by atoms with Gasteiger partial charge >= 0.3 is 0 Å². The monoisotopic (exact) mass is 343 g/mol. The average Bonchev–Trinajstić information content (AvgIpc) is 2.58. The number of hydrogen-bond acceptors (Lipinski definition) is 5. The van der Waals surface area contributed by atoms with Crippen LogP contribution in [0.1, 0.15) is 36.8 Å². The molecule has 0 aromatic heterocycles. The van der Waals surface area contributed by atoms with Crippen LogP contribution in [0.4, 0.5) is 0 Å². The first-order valence-corrected chi connectivity index (χ1v) is 8.95. The summed E-state index contributed by atoms with van der Waals surface area (Å²) in [7, 11) is 1.54. The Bertz CT molecular complexity index is 745. The van der Waals surface area contributed by atoms with E-state index in [1.165, 1.54) is 7.11 Å². The van der Waals surface area contributed by atoms with Gasteiger partial charge in [-0.05, 0) is 37.4 Å². The van der Waals surface area contributed by atoms with Gasteiger partial charge in [0.05, 0.1) is 12.7 Å². The van der Waals surface area contributed by atoms with Gasteiger partial charge in [0, 0.05) is 36.4 Å². The van der Waals surface area contributed by atoms with E-state index in [2.05, 4.69) is 11.5 Å². The van der Waals surface area contributed by atoms with Crippen LogP contribution in [-0.2, 0) is 16.6 Å². The second-order valence-corrected chi connectivity index (χ2v) is 7.63. The average molecular weight is 343 g/mol. The number of Topliss-reactive ketones (excluding diaryl/α,β-unsaturated/α-hetero) is 1. The zero-order chi connectivity index (χ0) is 17.8. The van der Waals surface area contributed by atoms with Crippen molar-refractivity contribution in [2.45, 2.75) is 49.2 Å². The molecule has 1 saturated carbocycles. The van der Waals surface area contributed by atoms with E-state index < -0.39 is 11.0 Å².